The highest BCUT2D eigenvalue weighted by Gasteiger charge is 2.15. The molecule has 2 heterocycles. The van der Waals surface area contributed by atoms with Gasteiger partial charge in [0.25, 0.3) is 5.91 Å². The number of benzene rings is 2. The Kier molecular flexibility index (Phi) is 5.32. The standard InChI is InChI=1S/C21H23N3O4/c25-20(23-16-5-8-18-19(13-16)28-12-11-27-18)14-22-21(26)15-3-6-17(7-4-15)24-9-1-2-10-24/h3-8,13H,1-2,9-12,14H2,(H,22,26)(H,23,25). The van der Waals surface area contributed by atoms with E-state index in [1.807, 2.05) is 12.1 Å². The Bertz CT molecular complexity index is 860. The normalized spacial score (nSPS) is 15.2. The van der Waals surface area contributed by atoms with Gasteiger partial charge in [-0.05, 0) is 49.2 Å². The van der Waals surface area contributed by atoms with Crippen molar-refractivity contribution in [3.63, 3.8) is 0 Å². The number of hydrogen-bond acceptors (Lipinski definition) is 5. The van der Waals surface area contributed by atoms with E-state index in [9.17, 15) is 9.59 Å². The average molecular weight is 381 g/mol. The van der Waals surface area contributed by atoms with Crippen molar-refractivity contribution in [2.45, 2.75) is 12.8 Å². The van der Waals surface area contributed by atoms with Gasteiger partial charge < -0.3 is 25.0 Å². The van der Waals surface area contributed by atoms with Crippen molar-refractivity contribution in [1.29, 1.82) is 0 Å². The van der Waals surface area contributed by atoms with Gasteiger partial charge in [0.2, 0.25) is 5.91 Å². The van der Waals surface area contributed by atoms with Crippen LogP contribution in [-0.2, 0) is 4.79 Å². The highest BCUT2D eigenvalue weighted by atomic mass is 16.6. The summed E-state index contributed by atoms with van der Waals surface area (Å²) in [5.74, 6) is 0.685. The van der Waals surface area contributed by atoms with Crippen molar-refractivity contribution in [2.75, 3.05) is 43.1 Å². The Balaban J connectivity index is 1.28. The third-order valence-electron chi connectivity index (χ3n) is 4.84. The third kappa shape index (κ3) is 4.19. The minimum atomic E-state index is -0.307. The Morgan fingerprint density at radius 2 is 1.64 bits per heavy atom. The Hall–Kier alpha value is -3.22. The van der Waals surface area contributed by atoms with Crippen LogP contribution in [0, 0.1) is 0 Å². The van der Waals surface area contributed by atoms with Crippen molar-refractivity contribution in [3.8, 4) is 11.5 Å². The molecule has 7 nitrogen and oxygen atoms in total. The molecule has 0 bridgehead atoms. The topological polar surface area (TPSA) is 79.9 Å². The van der Waals surface area contributed by atoms with E-state index in [-0.39, 0.29) is 18.4 Å². The summed E-state index contributed by atoms with van der Waals surface area (Å²) in [6, 6.07) is 12.7. The number of anilines is 2. The van der Waals surface area contributed by atoms with Gasteiger partial charge in [-0.1, -0.05) is 0 Å². The lowest BCUT2D eigenvalue weighted by Crippen LogP contribution is -2.32. The maximum atomic E-state index is 12.3. The van der Waals surface area contributed by atoms with E-state index in [1.165, 1.54) is 12.8 Å². The summed E-state index contributed by atoms with van der Waals surface area (Å²) in [5, 5.41) is 5.40. The molecular formula is C21H23N3O4. The molecule has 28 heavy (non-hydrogen) atoms. The fourth-order valence-corrected chi connectivity index (χ4v) is 3.39. The first-order valence-corrected chi connectivity index (χ1v) is 9.52. The second kappa shape index (κ2) is 8.21. The maximum absolute atomic E-state index is 12.3. The first-order chi connectivity index (χ1) is 13.7. The fourth-order valence-electron chi connectivity index (χ4n) is 3.39. The predicted octanol–water partition coefficient (Wildman–Crippen LogP) is 2.43. The molecule has 2 amide bonds. The molecule has 7 heteroatoms. The number of carbonyl (C=O) groups is 2. The molecule has 2 aliphatic heterocycles. The van der Waals surface area contributed by atoms with Crippen molar-refractivity contribution >= 4 is 23.2 Å². The van der Waals surface area contributed by atoms with E-state index in [0.717, 1.165) is 18.8 Å². The van der Waals surface area contributed by atoms with Crippen molar-refractivity contribution < 1.29 is 19.1 Å². The van der Waals surface area contributed by atoms with Crippen LogP contribution in [0.5, 0.6) is 11.5 Å². The molecule has 0 aliphatic carbocycles. The molecule has 4 rings (SSSR count). The average Bonchev–Trinajstić information content (AvgIpc) is 3.27. The summed E-state index contributed by atoms with van der Waals surface area (Å²) >= 11 is 0. The van der Waals surface area contributed by atoms with Gasteiger partial charge in [-0.25, -0.2) is 0 Å². The number of nitrogens with zero attached hydrogens (tertiary/aromatic N) is 1. The highest BCUT2D eigenvalue weighted by Crippen LogP contribution is 2.32. The zero-order chi connectivity index (χ0) is 19.3. The van der Waals surface area contributed by atoms with Crippen LogP contribution in [0.15, 0.2) is 42.5 Å². The first-order valence-electron chi connectivity index (χ1n) is 9.52. The molecule has 146 valence electrons. The quantitative estimate of drug-likeness (QED) is 0.832. The summed E-state index contributed by atoms with van der Waals surface area (Å²) in [6.45, 7) is 3.01. The summed E-state index contributed by atoms with van der Waals surface area (Å²) in [5.41, 5.74) is 2.26. The fraction of sp³-hybridized carbons (Fsp3) is 0.333. The van der Waals surface area contributed by atoms with Gasteiger partial charge in [-0.15, -0.1) is 0 Å². The second-order valence-corrected chi connectivity index (χ2v) is 6.83. The van der Waals surface area contributed by atoms with Crippen molar-refractivity contribution in [2.24, 2.45) is 0 Å². The molecule has 0 spiro atoms. The van der Waals surface area contributed by atoms with Gasteiger partial charge in [0.1, 0.15) is 13.2 Å². The van der Waals surface area contributed by atoms with Gasteiger partial charge in [0, 0.05) is 36.1 Å². The first kappa shape index (κ1) is 18.2. The van der Waals surface area contributed by atoms with Gasteiger partial charge in [-0.3, -0.25) is 9.59 Å². The summed E-state index contributed by atoms with van der Waals surface area (Å²) < 4.78 is 11.0. The van der Waals surface area contributed by atoms with E-state index in [1.54, 1.807) is 30.3 Å². The molecule has 2 aliphatic rings. The maximum Gasteiger partial charge on any atom is 0.251 e. The van der Waals surface area contributed by atoms with Crippen molar-refractivity contribution in [3.05, 3.63) is 48.0 Å². The minimum Gasteiger partial charge on any atom is -0.486 e. The minimum absolute atomic E-state index is 0.110. The van der Waals surface area contributed by atoms with Crippen molar-refractivity contribution in [1.82, 2.24) is 5.32 Å². The van der Waals surface area contributed by atoms with E-state index in [0.29, 0.717) is 36.0 Å². The lowest BCUT2D eigenvalue weighted by molar-refractivity contribution is -0.115. The van der Waals surface area contributed by atoms with Crippen LogP contribution < -0.4 is 25.0 Å². The molecular weight excluding hydrogens is 358 g/mol. The Morgan fingerprint density at radius 1 is 0.929 bits per heavy atom. The largest absolute Gasteiger partial charge is 0.486 e. The SMILES string of the molecule is O=C(CNC(=O)c1ccc(N2CCCC2)cc1)Nc1ccc2c(c1)OCCO2. The number of hydrogen-bond donors (Lipinski definition) is 2. The number of nitrogens with one attached hydrogen (secondary N) is 2. The van der Waals surface area contributed by atoms with E-state index >= 15 is 0 Å². The van der Waals surface area contributed by atoms with Crippen LogP contribution in [0.25, 0.3) is 0 Å². The molecule has 1 fully saturated rings. The number of fused-ring (bicyclic) bond motifs is 1. The molecule has 0 aromatic heterocycles. The molecule has 0 unspecified atom stereocenters. The zero-order valence-electron chi connectivity index (χ0n) is 15.6. The lowest BCUT2D eigenvalue weighted by Gasteiger charge is -2.19. The Labute approximate surface area is 163 Å². The van der Waals surface area contributed by atoms with Gasteiger partial charge in [-0.2, -0.15) is 0 Å². The number of rotatable bonds is 5. The predicted molar refractivity (Wildman–Crippen MR) is 106 cm³/mol. The van der Waals surface area contributed by atoms with Gasteiger partial charge >= 0.3 is 0 Å². The molecule has 0 saturated carbocycles. The number of amides is 2. The summed E-state index contributed by atoms with van der Waals surface area (Å²) in [4.78, 5) is 26.7. The van der Waals surface area contributed by atoms with Crippen LogP contribution in [-0.4, -0.2) is 44.7 Å². The summed E-state index contributed by atoms with van der Waals surface area (Å²) in [6.07, 6.45) is 2.42. The number of carbonyl (C=O) groups excluding carboxylic acids is 2. The molecule has 2 N–H and O–H groups in total. The second-order valence-electron chi connectivity index (χ2n) is 6.83. The van der Waals surface area contributed by atoms with Crippen LogP contribution in [0.2, 0.25) is 0 Å². The van der Waals surface area contributed by atoms with Crippen LogP contribution in [0.4, 0.5) is 11.4 Å². The molecule has 2 aromatic rings. The van der Waals surface area contributed by atoms with E-state index in [2.05, 4.69) is 15.5 Å². The van der Waals surface area contributed by atoms with E-state index in [4.69, 9.17) is 9.47 Å². The highest BCUT2D eigenvalue weighted by molar-refractivity contribution is 5.99. The monoisotopic (exact) mass is 381 g/mol. The smallest absolute Gasteiger partial charge is 0.251 e. The van der Waals surface area contributed by atoms with Gasteiger partial charge in [0.15, 0.2) is 11.5 Å². The van der Waals surface area contributed by atoms with Crippen LogP contribution in [0.3, 0.4) is 0 Å². The number of ether oxygens (including phenoxy) is 2. The van der Waals surface area contributed by atoms with Gasteiger partial charge in [0.05, 0.1) is 6.54 Å². The Morgan fingerprint density at radius 3 is 2.39 bits per heavy atom. The van der Waals surface area contributed by atoms with Crippen LogP contribution in [0.1, 0.15) is 23.2 Å². The zero-order valence-corrected chi connectivity index (χ0v) is 15.6. The lowest BCUT2D eigenvalue weighted by atomic mass is 10.2. The summed E-state index contributed by atoms with van der Waals surface area (Å²) in [7, 11) is 0. The molecule has 0 radical (unpaired) electrons. The van der Waals surface area contributed by atoms with E-state index < -0.39 is 0 Å². The van der Waals surface area contributed by atoms with Crippen LogP contribution >= 0.6 is 0 Å². The molecule has 2 aromatic carbocycles. The third-order valence-corrected chi connectivity index (χ3v) is 4.84. The molecule has 1 saturated heterocycles. The molecule has 0 atom stereocenters.